The smallest absolute Gasteiger partial charge is 0.223 e. The van der Waals surface area contributed by atoms with E-state index < -0.39 is 0 Å². The fourth-order valence-corrected chi connectivity index (χ4v) is 5.96. The van der Waals surface area contributed by atoms with Crippen molar-refractivity contribution in [2.45, 2.75) is 39.5 Å². The summed E-state index contributed by atoms with van der Waals surface area (Å²) in [6.07, 6.45) is 8.49. The molecule has 0 unspecified atom stereocenters. The Balaban J connectivity index is 0.000000218. The molecule has 0 aromatic carbocycles. The van der Waals surface area contributed by atoms with Crippen LogP contribution in [-0.2, 0) is 6.42 Å². The highest BCUT2D eigenvalue weighted by Crippen LogP contribution is 2.33. The molecule has 2 aliphatic heterocycles. The van der Waals surface area contributed by atoms with Gasteiger partial charge in [0.1, 0.15) is 29.1 Å². The van der Waals surface area contributed by atoms with Crippen LogP contribution in [0.2, 0.25) is 0 Å². The summed E-state index contributed by atoms with van der Waals surface area (Å²) >= 11 is 3.03. The highest BCUT2D eigenvalue weighted by molar-refractivity contribution is 8.06. The van der Waals surface area contributed by atoms with Crippen LogP contribution in [-0.4, -0.2) is 44.6 Å². The van der Waals surface area contributed by atoms with Gasteiger partial charge in [0.25, 0.3) is 0 Å². The Kier molecular flexibility index (Phi) is 13.4. The molecule has 8 N–H and O–H groups in total. The van der Waals surface area contributed by atoms with Crippen LogP contribution in [0.15, 0.2) is 75.1 Å². The van der Waals surface area contributed by atoms with Crippen molar-refractivity contribution < 1.29 is 0 Å². The molecule has 13 nitrogen and oxygen atoms in total. The Morgan fingerprint density at radius 3 is 1.81 bits per heavy atom. The molecule has 5 heterocycles. The second-order valence-electron chi connectivity index (χ2n) is 9.98. The Morgan fingerprint density at radius 1 is 0.809 bits per heavy atom. The summed E-state index contributed by atoms with van der Waals surface area (Å²) in [6, 6.07) is 11.7. The highest BCUT2D eigenvalue weighted by atomic mass is 32.2. The molecule has 2 aliphatic rings. The Morgan fingerprint density at radius 2 is 1.36 bits per heavy atom. The standard InChI is InChI=1S/C18H19N7S.C14H18N6S/c1-2-13-11-26-17(24-13)14(9-19)15-6-8-22-18(25-15)21-7-5-12-3-4-16(20)23-10-12;1-2-10-9-21-13(19-10)11(8-16)12-4-7-18-14(20-12)17-6-3-5-15/h3-4,6,8,10-11,24H,2,5,7H2,1H3,(H2,20,23)(H,21,22,25);4,7,9,19H,2-3,5-6,15H2,1H3,(H,17,18,20). The van der Waals surface area contributed by atoms with Gasteiger partial charge in [-0.3, -0.25) is 0 Å². The average molecular weight is 668 g/mol. The Bertz CT molecular complexity index is 1730. The molecule has 0 radical (unpaired) electrons. The number of nitrogen functional groups attached to an aromatic ring is 1. The fraction of sp³-hybridized carbons (Fsp3) is 0.281. The lowest BCUT2D eigenvalue weighted by atomic mass is 10.2. The summed E-state index contributed by atoms with van der Waals surface area (Å²) in [4.78, 5) is 21.3. The number of rotatable bonds is 12. The molecule has 0 fully saturated rings. The van der Waals surface area contributed by atoms with Gasteiger partial charge in [0, 0.05) is 43.1 Å². The van der Waals surface area contributed by atoms with Crippen LogP contribution in [0.25, 0.3) is 11.1 Å². The predicted molar refractivity (Wildman–Crippen MR) is 190 cm³/mol. The number of nitrogens with two attached hydrogens (primary N) is 2. The monoisotopic (exact) mass is 667 g/mol. The van der Waals surface area contributed by atoms with Crippen LogP contribution >= 0.6 is 23.5 Å². The summed E-state index contributed by atoms with van der Waals surface area (Å²) < 4.78 is 0. The SMILES string of the molecule is CCC1=CSC(=C(C#N)c2ccnc(NCCCN)n2)N1.CCC1=CSC(=C(C#N)c2ccnc(NCCc3ccc(N)nc3)n2)N1. The predicted octanol–water partition coefficient (Wildman–Crippen LogP) is 4.91. The van der Waals surface area contributed by atoms with Crippen molar-refractivity contribution in [3.8, 4) is 12.1 Å². The molecule has 0 amide bonds. The van der Waals surface area contributed by atoms with Crippen molar-refractivity contribution in [2.75, 3.05) is 36.0 Å². The summed E-state index contributed by atoms with van der Waals surface area (Å²) in [5.74, 6) is 1.51. The molecule has 15 heteroatoms. The summed E-state index contributed by atoms with van der Waals surface area (Å²) in [7, 11) is 0. The molecule has 0 atom stereocenters. The minimum absolute atomic E-state index is 0.492. The van der Waals surface area contributed by atoms with Crippen molar-refractivity contribution in [1.82, 2.24) is 35.6 Å². The largest absolute Gasteiger partial charge is 0.384 e. The fourth-order valence-electron chi connectivity index (χ4n) is 4.08. The second-order valence-corrected chi connectivity index (χ2v) is 11.7. The van der Waals surface area contributed by atoms with Gasteiger partial charge in [-0.2, -0.15) is 10.5 Å². The Hall–Kier alpha value is -5.09. The number of thioether (sulfide) groups is 2. The zero-order valence-electron chi connectivity index (χ0n) is 26.2. The van der Waals surface area contributed by atoms with E-state index in [2.05, 4.69) is 72.2 Å². The molecular formula is C32H37N13S2. The van der Waals surface area contributed by atoms with Crippen LogP contribution in [0.1, 0.15) is 50.1 Å². The van der Waals surface area contributed by atoms with Gasteiger partial charge in [0.05, 0.1) is 21.4 Å². The Labute approximate surface area is 283 Å². The van der Waals surface area contributed by atoms with Gasteiger partial charge in [-0.1, -0.05) is 43.4 Å². The number of anilines is 3. The summed E-state index contributed by atoms with van der Waals surface area (Å²) in [5, 5.41) is 37.4. The van der Waals surface area contributed by atoms with Crippen molar-refractivity contribution in [2.24, 2.45) is 5.73 Å². The third-order valence-electron chi connectivity index (χ3n) is 6.66. The van der Waals surface area contributed by atoms with E-state index in [-0.39, 0.29) is 0 Å². The molecule has 3 aromatic heterocycles. The van der Waals surface area contributed by atoms with E-state index in [0.29, 0.717) is 59.9 Å². The van der Waals surface area contributed by atoms with E-state index in [1.54, 1.807) is 36.8 Å². The van der Waals surface area contributed by atoms with Crippen molar-refractivity contribution in [3.05, 3.63) is 92.1 Å². The van der Waals surface area contributed by atoms with Gasteiger partial charge in [0.15, 0.2) is 0 Å². The van der Waals surface area contributed by atoms with Gasteiger partial charge < -0.3 is 32.7 Å². The molecular weight excluding hydrogens is 631 g/mol. The molecule has 0 saturated heterocycles. The van der Waals surface area contributed by atoms with E-state index in [1.165, 1.54) is 23.5 Å². The van der Waals surface area contributed by atoms with E-state index in [1.807, 2.05) is 16.9 Å². The highest BCUT2D eigenvalue weighted by Gasteiger charge is 2.18. The minimum Gasteiger partial charge on any atom is -0.384 e. The van der Waals surface area contributed by atoms with Crippen LogP contribution < -0.4 is 32.7 Å². The third kappa shape index (κ3) is 10.2. The molecule has 5 rings (SSSR count). The lowest BCUT2D eigenvalue weighted by molar-refractivity contribution is 0.863. The van der Waals surface area contributed by atoms with Crippen LogP contribution in [0.4, 0.5) is 17.7 Å². The van der Waals surface area contributed by atoms with E-state index in [9.17, 15) is 10.5 Å². The number of nitrogens with zero attached hydrogens (tertiary/aromatic N) is 7. The maximum Gasteiger partial charge on any atom is 0.223 e. The lowest BCUT2D eigenvalue weighted by Gasteiger charge is -2.08. The first-order chi connectivity index (χ1) is 23.0. The van der Waals surface area contributed by atoms with Gasteiger partial charge in [-0.25, -0.2) is 24.9 Å². The quantitative estimate of drug-likeness (QED) is 0.112. The number of hydrogen-bond acceptors (Lipinski definition) is 15. The number of nitrogens with one attached hydrogen (secondary N) is 4. The van der Waals surface area contributed by atoms with Crippen molar-refractivity contribution >= 4 is 52.4 Å². The summed E-state index contributed by atoms with van der Waals surface area (Å²) in [6.45, 7) is 6.12. The zero-order valence-corrected chi connectivity index (χ0v) is 27.9. The van der Waals surface area contributed by atoms with Crippen molar-refractivity contribution in [1.29, 1.82) is 10.5 Å². The number of hydrogen-bond donors (Lipinski definition) is 6. The molecule has 0 bridgehead atoms. The zero-order chi connectivity index (χ0) is 33.4. The number of pyridine rings is 1. The summed E-state index contributed by atoms with van der Waals surface area (Å²) in [5.41, 5.74) is 16.6. The topological polar surface area (TPSA) is 212 Å². The first-order valence-corrected chi connectivity index (χ1v) is 16.8. The lowest BCUT2D eigenvalue weighted by Crippen LogP contribution is -2.11. The first kappa shape index (κ1) is 34.8. The molecule has 0 saturated carbocycles. The van der Waals surface area contributed by atoms with Crippen molar-refractivity contribution in [3.63, 3.8) is 0 Å². The number of aromatic nitrogens is 5. The normalized spacial score (nSPS) is 15.4. The van der Waals surface area contributed by atoms with Gasteiger partial charge in [-0.05, 0) is 66.8 Å². The molecule has 242 valence electrons. The van der Waals surface area contributed by atoms with E-state index >= 15 is 0 Å². The van der Waals surface area contributed by atoms with E-state index in [4.69, 9.17) is 11.5 Å². The molecule has 0 aliphatic carbocycles. The second kappa shape index (κ2) is 18.2. The minimum atomic E-state index is 0.492. The van der Waals surface area contributed by atoms with E-state index in [0.717, 1.165) is 52.7 Å². The van der Waals surface area contributed by atoms with Gasteiger partial charge in [0.2, 0.25) is 11.9 Å². The third-order valence-corrected chi connectivity index (χ3v) is 8.55. The maximum atomic E-state index is 9.55. The van der Waals surface area contributed by atoms with Crippen LogP contribution in [0.5, 0.6) is 0 Å². The number of nitriles is 2. The molecule has 3 aromatic rings. The van der Waals surface area contributed by atoms with Gasteiger partial charge in [-0.15, -0.1) is 0 Å². The van der Waals surface area contributed by atoms with Gasteiger partial charge >= 0.3 is 0 Å². The first-order valence-electron chi connectivity index (χ1n) is 15.1. The molecule has 47 heavy (non-hydrogen) atoms. The van der Waals surface area contributed by atoms with Crippen LogP contribution in [0.3, 0.4) is 0 Å². The number of allylic oxidation sites excluding steroid dienone is 4. The molecule has 0 spiro atoms. The maximum absolute atomic E-state index is 9.55. The average Bonchev–Trinajstić information content (AvgIpc) is 3.78. The van der Waals surface area contributed by atoms with Crippen LogP contribution in [0, 0.1) is 22.7 Å².